The van der Waals surface area contributed by atoms with Crippen LogP contribution in [0, 0.1) is 18.8 Å². The SMILES string of the molecule is Cc1ccccc1NC(=O)C1CCCC(C(=O)O)C1. The molecule has 2 rings (SSSR count). The van der Waals surface area contributed by atoms with Crippen LogP contribution in [0.5, 0.6) is 0 Å². The van der Waals surface area contributed by atoms with Crippen LogP contribution in [0.4, 0.5) is 5.69 Å². The molecule has 1 amide bonds. The maximum Gasteiger partial charge on any atom is 0.306 e. The number of amides is 1. The molecule has 0 aliphatic heterocycles. The van der Waals surface area contributed by atoms with Gasteiger partial charge < -0.3 is 10.4 Å². The van der Waals surface area contributed by atoms with E-state index in [1.807, 2.05) is 31.2 Å². The van der Waals surface area contributed by atoms with Gasteiger partial charge in [0.05, 0.1) is 5.92 Å². The number of nitrogens with one attached hydrogen (secondary N) is 1. The zero-order valence-electron chi connectivity index (χ0n) is 11.1. The largest absolute Gasteiger partial charge is 0.481 e. The van der Waals surface area contributed by atoms with Gasteiger partial charge in [0, 0.05) is 11.6 Å². The lowest BCUT2D eigenvalue weighted by molar-refractivity contribution is -0.143. The van der Waals surface area contributed by atoms with Crippen molar-refractivity contribution in [2.45, 2.75) is 32.6 Å². The summed E-state index contributed by atoms with van der Waals surface area (Å²) in [6.07, 6.45) is 2.72. The number of aliphatic carboxylic acids is 1. The molecule has 0 radical (unpaired) electrons. The second-order valence-electron chi connectivity index (χ2n) is 5.20. The third kappa shape index (κ3) is 3.34. The van der Waals surface area contributed by atoms with Crippen LogP contribution in [0.25, 0.3) is 0 Å². The summed E-state index contributed by atoms with van der Waals surface area (Å²) in [5.41, 5.74) is 1.83. The van der Waals surface area contributed by atoms with E-state index in [1.165, 1.54) is 0 Å². The van der Waals surface area contributed by atoms with E-state index in [9.17, 15) is 9.59 Å². The molecular weight excluding hydrogens is 242 g/mol. The molecular formula is C15H19NO3. The van der Waals surface area contributed by atoms with Gasteiger partial charge in [-0.05, 0) is 37.8 Å². The summed E-state index contributed by atoms with van der Waals surface area (Å²) >= 11 is 0. The van der Waals surface area contributed by atoms with Crippen LogP contribution in [0.15, 0.2) is 24.3 Å². The number of benzene rings is 1. The van der Waals surface area contributed by atoms with E-state index in [1.54, 1.807) is 0 Å². The Kier molecular flexibility index (Phi) is 4.20. The molecule has 0 heterocycles. The van der Waals surface area contributed by atoms with Crippen molar-refractivity contribution < 1.29 is 14.7 Å². The van der Waals surface area contributed by atoms with E-state index in [0.717, 1.165) is 24.1 Å². The lowest BCUT2D eigenvalue weighted by atomic mass is 9.81. The molecule has 19 heavy (non-hydrogen) atoms. The van der Waals surface area contributed by atoms with Gasteiger partial charge in [-0.15, -0.1) is 0 Å². The van der Waals surface area contributed by atoms with Crippen LogP contribution in [-0.2, 0) is 9.59 Å². The molecule has 0 spiro atoms. The predicted molar refractivity (Wildman–Crippen MR) is 72.9 cm³/mol. The first-order valence-corrected chi connectivity index (χ1v) is 6.67. The highest BCUT2D eigenvalue weighted by Gasteiger charge is 2.31. The highest BCUT2D eigenvalue weighted by molar-refractivity contribution is 5.93. The molecule has 0 aromatic heterocycles. The summed E-state index contributed by atoms with van der Waals surface area (Å²) in [6.45, 7) is 1.94. The van der Waals surface area contributed by atoms with Crippen LogP contribution >= 0.6 is 0 Å². The van der Waals surface area contributed by atoms with Gasteiger partial charge in [-0.1, -0.05) is 24.6 Å². The average molecular weight is 261 g/mol. The summed E-state index contributed by atoms with van der Waals surface area (Å²) in [5.74, 6) is -1.40. The van der Waals surface area contributed by atoms with Crippen LogP contribution in [-0.4, -0.2) is 17.0 Å². The number of rotatable bonds is 3. The molecule has 1 aliphatic carbocycles. The molecule has 1 fully saturated rings. The minimum atomic E-state index is -0.784. The number of aryl methyl sites for hydroxylation is 1. The summed E-state index contributed by atoms with van der Waals surface area (Å²) in [5, 5.41) is 11.9. The Morgan fingerprint density at radius 1 is 1.21 bits per heavy atom. The van der Waals surface area contributed by atoms with Crippen molar-refractivity contribution in [1.82, 2.24) is 0 Å². The molecule has 102 valence electrons. The lowest BCUT2D eigenvalue weighted by Crippen LogP contribution is -2.31. The van der Waals surface area contributed by atoms with Gasteiger partial charge in [-0.25, -0.2) is 0 Å². The molecule has 0 bridgehead atoms. The van der Waals surface area contributed by atoms with Crippen molar-refractivity contribution in [3.8, 4) is 0 Å². The van der Waals surface area contributed by atoms with Crippen LogP contribution in [0.3, 0.4) is 0 Å². The number of carboxylic acids is 1. The molecule has 1 aliphatic rings. The lowest BCUT2D eigenvalue weighted by Gasteiger charge is -2.25. The Bertz CT molecular complexity index is 484. The fourth-order valence-corrected chi connectivity index (χ4v) is 2.60. The van der Waals surface area contributed by atoms with Gasteiger partial charge in [0.1, 0.15) is 0 Å². The van der Waals surface area contributed by atoms with Gasteiger partial charge in [0.15, 0.2) is 0 Å². The van der Waals surface area contributed by atoms with E-state index < -0.39 is 5.97 Å². The minimum absolute atomic E-state index is 0.0553. The van der Waals surface area contributed by atoms with Crippen LogP contribution < -0.4 is 5.32 Å². The number of carbonyl (C=O) groups is 2. The Hall–Kier alpha value is -1.84. The van der Waals surface area contributed by atoms with E-state index >= 15 is 0 Å². The Morgan fingerprint density at radius 3 is 2.58 bits per heavy atom. The van der Waals surface area contributed by atoms with E-state index in [2.05, 4.69) is 5.32 Å². The summed E-state index contributed by atoms with van der Waals surface area (Å²) in [6, 6.07) is 7.61. The number of anilines is 1. The maximum atomic E-state index is 12.2. The first kappa shape index (κ1) is 13.6. The van der Waals surface area contributed by atoms with Gasteiger partial charge >= 0.3 is 5.97 Å². The summed E-state index contributed by atoms with van der Waals surface area (Å²) in [4.78, 5) is 23.2. The zero-order chi connectivity index (χ0) is 13.8. The van der Waals surface area contributed by atoms with Gasteiger partial charge in [-0.2, -0.15) is 0 Å². The van der Waals surface area contributed by atoms with E-state index in [4.69, 9.17) is 5.11 Å². The van der Waals surface area contributed by atoms with E-state index in [0.29, 0.717) is 12.8 Å². The van der Waals surface area contributed by atoms with Gasteiger partial charge in [-0.3, -0.25) is 9.59 Å². The van der Waals surface area contributed by atoms with Crippen molar-refractivity contribution in [3.63, 3.8) is 0 Å². The second-order valence-corrected chi connectivity index (χ2v) is 5.20. The smallest absolute Gasteiger partial charge is 0.306 e. The number of para-hydroxylation sites is 1. The standard InChI is InChI=1S/C15H19NO3/c1-10-5-2-3-8-13(10)16-14(17)11-6-4-7-12(9-11)15(18)19/h2-3,5,8,11-12H,4,6-7,9H2,1H3,(H,16,17)(H,18,19). The molecule has 4 nitrogen and oxygen atoms in total. The fraction of sp³-hybridized carbons (Fsp3) is 0.467. The fourth-order valence-electron chi connectivity index (χ4n) is 2.60. The normalized spacial score (nSPS) is 22.8. The number of hydrogen-bond acceptors (Lipinski definition) is 2. The molecule has 2 atom stereocenters. The van der Waals surface area contributed by atoms with E-state index in [-0.39, 0.29) is 17.7 Å². The van der Waals surface area contributed by atoms with Gasteiger partial charge in [0.25, 0.3) is 0 Å². The molecule has 1 aromatic carbocycles. The molecule has 1 saturated carbocycles. The third-order valence-corrected chi connectivity index (χ3v) is 3.80. The van der Waals surface area contributed by atoms with Crippen molar-refractivity contribution in [2.75, 3.05) is 5.32 Å². The first-order valence-electron chi connectivity index (χ1n) is 6.67. The highest BCUT2D eigenvalue weighted by atomic mass is 16.4. The molecule has 0 saturated heterocycles. The summed E-state index contributed by atoms with van der Waals surface area (Å²) < 4.78 is 0. The molecule has 1 aromatic rings. The van der Waals surface area contributed by atoms with Crippen molar-refractivity contribution in [3.05, 3.63) is 29.8 Å². The molecule has 4 heteroatoms. The Balaban J connectivity index is 2.00. The quantitative estimate of drug-likeness (QED) is 0.879. The third-order valence-electron chi connectivity index (χ3n) is 3.80. The van der Waals surface area contributed by atoms with Crippen LogP contribution in [0.1, 0.15) is 31.2 Å². The first-order chi connectivity index (χ1) is 9.08. The topological polar surface area (TPSA) is 66.4 Å². The second kappa shape index (κ2) is 5.87. The number of hydrogen-bond donors (Lipinski definition) is 2. The van der Waals surface area contributed by atoms with Gasteiger partial charge in [0.2, 0.25) is 5.91 Å². The number of carbonyl (C=O) groups excluding carboxylic acids is 1. The van der Waals surface area contributed by atoms with Crippen LogP contribution in [0.2, 0.25) is 0 Å². The summed E-state index contributed by atoms with van der Waals surface area (Å²) in [7, 11) is 0. The van der Waals surface area contributed by atoms with Crippen molar-refractivity contribution in [2.24, 2.45) is 11.8 Å². The minimum Gasteiger partial charge on any atom is -0.481 e. The monoisotopic (exact) mass is 261 g/mol. The Labute approximate surface area is 112 Å². The zero-order valence-corrected chi connectivity index (χ0v) is 11.1. The number of carboxylic acid groups (broad SMARTS) is 1. The van der Waals surface area contributed by atoms with Crippen molar-refractivity contribution in [1.29, 1.82) is 0 Å². The maximum absolute atomic E-state index is 12.2. The Morgan fingerprint density at radius 2 is 1.89 bits per heavy atom. The molecule has 2 unspecified atom stereocenters. The predicted octanol–water partition coefficient (Wildman–Crippen LogP) is 2.82. The van der Waals surface area contributed by atoms with Crippen molar-refractivity contribution >= 4 is 17.6 Å². The molecule has 2 N–H and O–H groups in total. The highest BCUT2D eigenvalue weighted by Crippen LogP contribution is 2.30. The average Bonchev–Trinajstić information content (AvgIpc) is 2.41.